The van der Waals surface area contributed by atoms with Gasteiger partial charge in [-0.25, -0.2) is 4.79 Å². The van der Waals surface area contributed by atoms with E-state index in [1.165, 1.54) is 10.4 Å². The SMILES string of the molecule is CCOC(=O)c1cc2c(s1)CC(C)(C)C2. The van der Waals surface area contributed by atoms with Gasteiger partial charge in [0, 0.05) is 4.88 Å². The van der Waals surface area contributed by atoms with Crippen molar-refractivity contribution in [3.63, 3.8) is 0 Å². The number of carbonyl (C=O) groups is 1. The molecule has 0 amide bonds. The van der Waals surface area contributed by atoms with Crippen LogP contribution < -0.4 is 0 Å². The maximum absolute atomic E-state index is 11.5. The molecule has 1 aromatic rings. The maximum Gasteiger partial charge on any atom is 0.348 e. The van der Waals surface area contributed by atoms with Crippen molar-refractivity contribution >= 4 is 17.3 Å². The molecule has 0 bridgehead atoms. The number of carbonyl (C=O) groups excluding carboxylic acids is 1. The Labute approximate surface area is 94.3 Å². The predicted octanol–water partition coefficient (Wildman–Crippen LogP) is 3.05. The smallest absolute Gasteiger partial charge is 0.348 e. The largest absolute Gasteiger partial charge is 0.462 e. The van der Waals surface area contributed by atoms with Gasteiger partial charge in [-0.2, -0.15) is 0 Å². The van der Waals surface area contributed by atoms with Gasteiger partial charge in [-0.15, -0.1) is 11.3 Å². The summed E-state index contributed by atoms with van der Waals surface area (Å²) in [6, 6.07) is 2.01. The Hall–Kier alpha value is -0.830. The van der Waals surface area contributed by atoms with E-state index in [0.717, 1.165) is 17.7 Å². The van der Waals surface area contributed by atoms with Crippen LogP contribution in [0.4, 0.5) is 0 Å². The fraction of sp³-hybridized carbons (Fsp3) is 0.583. The van der Waals surface area contributed by atoms with Crippen LogP contribution in [-0.4, -0.2) is 12.6 Å². The van der Waals surface area contributed by atoms with Crippen LogP contribution in [0.15, 0.2) is 6.07 Å². The van der Waals surface area contributed by atoms with E-state index in [0.29, 0.717) is 12.0 Å². The molecule has 0 atom stereocenters. The lowest BCUT2D eigenvalue weighted by atomic mass is 9.91. The molecule has 0 unspecified atom stereocenters. The minimum atomic E-state index is -0.172. The maximum atomic E-state index is 11.5. The third kappa shape index (κ3) is 2.07. The Balaban J connectivity index is 2.18. The summed E-state index contributed by atoms with van der Waals surface area (Å²) in [5.41, 5.74) is 1.71. The molecule has 0 saturated carbocycles. The van der Waals surface area contributed by atoms with Crippen LogP contribution >= 0.6 is 11.3 Å². The topological polar surface area (TPSA) is 26.3 Å². The number of fused-ring (bicyclic) bond motifs is 1. The molecule has 82 valence electrons. The second kappa shape index (κ2) is 3.63. The van der Waals surface area contributed by atoms with Crippen LogP contribution in [0.25, 0.3) is 0 Å². The van der Waals surface area contributed by atoms with E-state index >= 15 is 0 Å². The summed E-state index contributed by atoms with van der Waals surface area (Å²) in [5, 5.41) is 0. The van der Waals surface area contributed by atoms with E-state index in [4.69, 9.17) is 4.74 Å². The molecular weight excluding hydrogens is 208 g/mol. The highest BCUT2D eigenvalue weighted by Crippen LogP contribution is 2.40. The van der Waals surface area contributed by atoms with Gasteiger partial charge in [0.1, 0.15) is 4.88 Å². The first-order valence-electron chi connectivity index (χ1n) is 5.30. The van der Waals surface area contributed by atoms with Crippen molar-refractivity contribution in [3.8, 4) is 0 Å². The summed E-state index contributed by atoms with van der Waals surface area (Å²) in [6.45, 7) is 6.82. The molecule has 1 aliphatic rings. The highest BCUT2D eigenvalue weighted by atomic mass is 32.1. The Morgan fingerprint density at radius 1 is 1.53 bits per heavy atom. The summed E-state index contributed by atoms with van der Waals surface area (Å²) in [6.07, 6.45) is 2.17. The third-order valence-corrected chi connectivity index (χ3v) is 3.84. The van der Waals surface area contributed by atoms with Crippen LogP contribution in [0.5, 0.6) is 0 Å². The summed E-state index contributed by atoms with van der Waals surface area (Å²) in [4.78, 5) is 13.6. The van der Waals surface area contributed by atoms with Crippen molar-refractivity contribution in [3.05, 3.63) is 21.4 Å². The molecular formula is C12H16O2S. The average Bonchev–Trinajstić information content (AvgIpc) is 2.57. The minimum Gasteiger partial charge on any atom is -0.462 e. The van der Waals surface area contributed by atoms with Gasteiger partial charge >= 0.3 is 5.97 Å². The van der Waals surface area contributed by atoms with Gasteiger partial charge in [0.2, 0.25) is 0 Å². The third-order valence-electron chi connectivity index (χ3n) is 2.68. The van der Waals surface area contributed by atoms with E-state index in [-0.39, 0.29) is 5.97 Å². The van der Waals surface area contributed by atoms with Gasteiger partial charge in [0.05, 0.1) is 6.61 Å². The average molecular weight is 224 g/mol. The molecule has 1 aliphatic carbocycles. The monoisotopic (exact) mass is 224 g/mol. The van der Waals surface area contributed by atoms with Crippen molar-refractivity contribution in [1.29, 1.82) is 0 Å². The van der Waals surface area contributed by atoms with Gasteiger partial charge in [0.15, 0.2) is 0 Å². The van der Waals surface area contributed by atoms with Gasteiger partial charge in [-0.3, -0.25) is 0 Å². The number of esters is 1. The van der Waals surface area contributed by atoms with E-state index in [1.807, 2.05) is 13.0 Å². The molecule has 2 rings (SSSR count). The molecule has 0 saturated heterocycles. The first-order chi connectivity index (χ1) is 7.02. The number of ether oxygens (including phenoxy) is 1. The Kier molecular flexibility index (Phi) is 2.59. The highest BCUT2D eigenvalue weighted by molar-refractivity contribution is 7.14. The summed E-state index contributed by atoms with van der Waals surface area (Å²) < 4.78 is 4.99. The number of thiophene rings is 1. The quantitative estimate of drug-likeness (QED) is 0.722. The summed E-state index contributed by atoms with van der Waals surface area (Å²) in [7, 11) is 0. The summed E-state index contributed by atoms with van der Waals surface area (Å²) >= 11 is 1.60. The van der Waals surface area contributed by atoms with Crippen molar-refractivity contribution in [2.75, 3.05) is 6.61 Å². The van der Waals surface area contributed by atoms with Gasteiger partial charge in [-0.05, 0) is 36.8 Å². The van der Waals surface area contributed by atoms with Gasteiger partial charge in [-0.1, -0.05) is 13.8 Å². The summed E-state index contributed by atoms with van der Waals surface area (Å²) in [5.74, 6) is -0.172. The van der Waals surface area contributed by atoms with Crippen molar-refractivity contribution in [1.82, 2.24) is 0 Å². The second-order valence-corrected chi connectivity index (χ2v) is 5.93. The normalized spacial score (nSPS) is 17.5. The van der Waals surface area contributed by atoms with Crippen LogP contribution in [0, 0.1) is 5.41 Å². The van der Waals surface area contributed by atoms with Crippen LogP contribution in [0.2, 0.25) is 0 Å². The molecule has 3 heteroatoms. The van der Waals surface area contributed by atoms with Crippen molar-refractivity contribution in [2.45, 2.75) is 33.6 Å². The first-order valence-corrected chi connectivity index (χ1v) is 6.12. The molecule has 0 N–H and O–H groups in total. The Morgan fingerprint density at radius 3 is 2.87 bits per heavy atom. The van der Waals surface area contributed by atoms with E-state index < -0.39 is 0 Å². The molecule has 1 heterocycles. The molecule has 1 aromatic heterocycles. The fourth-order valence-corrected chi connectivity index (χ4v) is 3.42. The zero-order valence-electron chi connectivity index (χ0n) is 9.42. The molecule has 0 aromatic carbocycles. The number of hydrogen-bond donors (Lipinski definition) is 0. The molecule has 0 aliphatic heterocycles. The lowest BCUT2D eigenvalue weighted by Crippen LogP contribution is -2.10. The molecule has 0 fully saturated rings. The van der Waals surface area contributed by atoms with Gasteiger partial charge in [0.25, 0.3) is 0 Å². The highest BCUT2D eigenvalue weighted by Gasteiger charge is 2.31. The number of hydrogen-bond acceptors (Lipinski definition) is 3. The van der Waals surface area contributed by atoms with E-state index in [2.05, 4.69) is 13.8 Å². The lowest BCUT2D eigenvalue weighted by molar-refractivity contribution is 0.0532. The first kappa shape index (κ1) is 10.7. The van der Waals surface area contributed by atoms with Gasteiger partial charge < -0.3 is 4.74 Å². The Morgan fingerprint density at radius 2 is 2.27 bits per heavy atom. The molecule has 0 spiro atoms. The zero-order valence-corrected chi connectivity index (χ0v) is 10.2. The number of rotatable bonds is 2. The van der Waals surface area contributed by atoms with Crippen LogP contribution in [0.3, 0.4) is 0 Å². The van der Waals surface area contributed by atoms with Crippen LogP contribution in [0.1, 0.15) is 40.9 Å². The Bertz CT molecular complexity index is 365. The van der Waals surface area contributed by atoms with Crippen molar-refractivity contribution < 1.29 is 9.53 Å². The molecule has 15 heavy (non-hydrogen) atoms. The minimum absolute atomic E-state index is 0.172. The van der Waals surface area contributed by atoms with Crippen molar-refractivity contribution in [2.24, 2.45) is 5.41 Å². The predicted molar refractivity (Wildman–Crippen MR) is 61.5 cm³/mol. The lowest BCUT2D eigenvalue weighted by Gasteiger charge is -2.15. The standard InChI is InChI=1S/C12H16O2S/c1-4-14-11(13)9-5-8-6-12(2,3)7-10(8)15-9/h5H,4,6-7H2,1-3H3. The molecule has 2 nitrogen and oxygen atoms in total. The zero-order chi connectivity index (χ0) is 11.1. The second-order valence-electron chi connectivity index (χ2n) is 4.80. The molecule has 0 radical (unpaired) electrons. The van der Waals surface area contributed by atoms with Crippen LogP contribution in [-0.2, 0) is 17.6 Å². The van der Waals surface area contributed by atoms with E-state index in [1.54, 1.807) is 11.3 Å². The fourth-order valence-electron chi connectivity index (χ4n) is 2.08. The van der Waals surface area contributed by atoms with E-state index in [9.17, 15) is 4.79 Å².